The topological polar surface area (TPSA) is 42.0 Å². The minimum atomic E-state index is -0.204. The highest BCUT2D eigenvalue weighted by Gasteiger charge is 2.12. The van der Waals surface area contributed by atoms with Crippen LogP contribution in [0.3, 0.4) is 0 Å². The lowest BCUT2D eigenvalue weighted by Gasteiger charge is -2.09. The number of pyridine rings is 1. The van der Waals surface area contributed by atoms with Gasteiger partial charge in [-0.2, -0.15) is 11.8 Å². The van der Waals surface area contributed by atoms with Crippen LogP contribution in [0.15, 0.2) is 30.3 Å². The molecule has 24 heavy (non-hydrogen) atoms. The monoisotopic (exact) mass is 386 g/mol. The number of hydrogen-bond acceptors (Lipinski definition) is 3. The number of rotatable bonds is 7. The van der Waals surface area contributed by atoms with Gasteiger partial charge >= 0.3 is 0 Å². The highest BCUT2D eigenvalue weighted by molar-refractivity contribution is 7.98. The largest absolute Gasteiger partial charge is 0.355 e. The molecular formula is C17H17Cl2FN2OS. The Morgan fingerprint density at radius 3 is 2.79 bits per heavy atom. The third kappa shape index (κ3) is 5.65. The zero-order valence-corrected chi connectivity index (χ0v) is 15.4. The molecule has 0 spiro atoms. The van der Waals surface area contributed by atoms with E-state index in [-0.39, 0.29) is 23.3 Å². The van der Waals surface area contributed by atoms with Gasteiger partial charge in [0.2, 0.25) is 5.91 Å². The zero-order valence-electron chi connectivity index (χ0n) is 13.1. The van der Waals surface area contributed by atoms with Crippen LogP contribution in [0.4, 0.5) is 4.39 Å². The molecule has 7 heteroatoms. The third-order valence-corrected chi connectivity index (χ3v) is 4.93. The Hall–Kier alpha value is -1.30. The predicted octanol–water partition coefficient (Wildman–Crippen LogP) is 4.43. The minimum absolute atomic E-state index is 0.0862. The Balaban J connectivity index is 1.73. The van der Waals surface area contributed by atoms with E-state index in [1.165, 1.54) is 6.07 Å². The normalized spacial score (nSPS) is 10.7. The Bertz CT molecular complexity index is 704. The zero-order chi connectivity index (χ0) is 17.5. The molecule has 0 fully saturated rings. The first-order valence-corrected chi connectivity index (χ1v) is 9.28. The van der Waals surface area contributed by atoms with Gasteiger partial charge in [-0.25, -0.2) is 9.37 Å². The van der Waals surface area contributed by atoms with Crippen molar-refractivity contribution in [3.63, 3.8) is 0 Å². The Morgan fingerprint density at radius 1 is 1.33 bits per heavy atom. The van der Waals surface area contributed by atoms with Gasteiger partial charge in [-0.05, 0) is 24.6 Å². The molecule has 0 bridgehead atoms. The number of nitrogens with zero attached hydrogens (tertiary/aromatic N) is 1. The minimum Gasteiger partial charge on any atom is -0.355 e. The molecular weight excluding hydrogens is 370 g/mol. The summed E-state index contributed by atoms with van der Waals surface area (Å²) in [4.78, 5) is 16.1. The molecule has 2 rings (SSSR count). The number of hydrogen-bond donors (Lipinski definition) is 1. The van der Waals surface area contributed by atoms with Gasteiger partial charge in [-0.15, -0.1) is 0 Å². The molecule has 0 aliphatic rings. The SMILES string of the molecule is Cc1cc(Cl)c(CC(=O)NCCSCc2ccccc2F)c(Cl)n1. The molecule has 1 heterocycles. The molecule has 1 N–H and O–H groups in total. The highest BCUT2D eigenvalue weighted by Crippen LogP contribution is 2.24. The Labute approximate surface area is 155 Å². The summed E-state index contributed by atoms with van der Waals surface area (Å²) in [7, 11) is 0. The lowest BCUT2D eigenvalue weighted by molar-refractivity contribution is -0.120. The predicted molar refractivity (Wildman–Crippen MR) is 98.3 cm³/mol. The average Bonchev–Trinajstić information content (AvgIpc) is 2.52. The van der Waals surface area contributed by atoms with Crippen molar-refractivity contribution in [2.75, 3.05) is 12.3 Å². The number of aryl methyl sites for hydroxylation is 1. The number of carbonyl (C=O) groups excluding carboxylic acids is 1. The van der Waals surface area contributed by atoms with E-state index in [9.17, 15) is 9.18 Å². The van der Waals surface area contributed by atoms with Crippen molar-refractivity contribution in [1.29, 1.82) is 0 Å². The van der Waals surface area contributed by atoms with Gasteiger partial charge in [0.05, 0.1) is 6.42 Å². The summed E-state index contributed by atoms with van der Waals surface area (Å²) in [5.74, 6) is 0.886. The molecule has 0 unspecified atom stereocenters. The molecule has 0 saturated carbocycles. The van der Waals surface area contributed by atoms with Gasteiger partial charge in [-0.1, -0.05) is 41.4 Å². The van der Waals surface area contributed by atoms with Crippen molar-refractivity contribution in [2.24, 2.45) is 0 Å². The quantitative estimate of drug-likeness (QED) is 0.565. The van der Waals surface area contributed by atoms with Gasteiger partial charge in [0, 0.05) is 34.3 Å². The van der Waals surface area contributed by atoms with Crippen LogP contribution in [-0.2, 0) is 17.0 Å². The van der Waals surface area contributed by atoms with Crippen molar-refractivity contribution >= 4 is 40.9 Å². The van der Waals surface area contributed by atoms with Crippen molar-refractivity contribution in [2.45, 2.75) is 19.1 Å². The van der Waals surface area contributed by atoms with Crippen molar-refractivity contribution < 1.29 is 9.18 Å². The van der Waals surface area contributed by atoms with Crippen LogP contribution in [0, 0.1) is 12.7 Å². The van der Waals surface area contributed by atoms with Gasteiger partial charge in [-0.3, -0.25) is 4.79 Å². The standard InChI is InChI=1S/C17H17Cl2FN2OS/c1-11-8-14(18)13(17(19)22-11)9-16(23)21-6-7-24-10-12-4-2-3-5-15(12)20/h2-5,8H,6-7,9-10H2,1H3,(H,21,23). The summed E-state index contributed by atoms with van der Waals surface area (Å²) in [6.07, 6.45) is 0.0862. The fourth-order valence-electron chi connectivity index (χ4n) is 2.06. The molecule has 0 saturated heterocycles. The number of benzene rings is 1. The van der Waals surface area contributed by atoms with Crippen molar-refractivity contribution in [3.05, 3.63) is 63.1 Å². The van der Waals surface area contributed by atoms with Crippen LogP contribution >= 0.6 is 35.0 Å². The lowest BCUT2D eigenvalue weighted by atomic mass is 10.2. The van der Waals surface area contributed by atoms with Crippen LogP contribution in [0.2, 0.25) is 10.2 Å². The number of halogens is 3. The molecule has 1 aromatic heterocycles. The maximum atomic E-state index is 13.5. The van der Waals surface area contributed by atoms with Crippen molar-refractivity contribution in [1.82, 2.24) is 10.3 Å². The Kier molecular flexibility index (Phi) is 7.34. The first-order chi connectivity index (χ1) is 11.5. The van der Waals surface area contributed by atoms with E-state index in [1.807, 2.05) is 6.07 Å². The summed E-state index contributed by atoms with van der Waals surface area (Å²) in [6.45, 7) is 2.28. The molecule has 1 aromatic carbocycles. The van der Waals surface area contributed by atoms with Gasteiger partial charge < -0.3 is 5.32 Å². The Morgan fingerprint density at radius 2 is 2.08 bits per heavy atom. The summed E-state index contributed by atoms with van der Waals surface area (Å²) in [6, 6.07) is 8.36. The van der Waals surface area contributed by atoms with E-state index in [1.54, 1.807) is 36.9 Å². The van der Waals surface area contributed by atoms with E-state index >= 15 is 0 Å². The van der Waals surface area contributed by atoms with Crippen LogP contribution in [-0.4, -0.2) is 23.2 Å². The first kappa shape index (κ1) is 19.0. The second-order valence-corrected chi connectivity index (χ2v) is 7.06. The fourth-order valence-corrected chi connectivity index (χ4v) is 3.57. The number of amides is 1. The molecule has 0 aliphatic heterocycles. The number of thioether (sulfide) groups is 1. The van der Waals surface area contributed by atoms with Crippen molar-refractivity contribution in [3.8, 4) is 0 Å². The van der Waals surface area contributed by atoms with Crippen LogP contribution < -0.4 is 5.32 Å². The highest BCUT2D eigenvalue weighted by atomic mass is 35.5. The summed E-state index contributed by atoms with van der Waals surface area (Å²) in [5.41, 5.74) is 1.90. The number of nitrogens with one attached hydrogen (secondary N) is 1. The molecule has 3 nitrogen and oxygen atoms in total. The molecule has 1 amide bonds. The van der Waals surface area contributed by atoms with Gasteiger partial charge in [0.25, 0.3) is 0 Å². The fraction of sp³-hybridized carbons (Fsp3) is 0.294. The molecule has 0 aliphatic carbocycles. The molecule has 0 atom stereocenters. The first-order valence-electron chi connectivity index (χ1n) is 7.36. The maximum Gasteiger partial charge on any atom is 0.224 e. The maximum absolute atomic E-state index is 13.5. The second-order valence-electron chi connectivity index (χ2n) is 5.19. The summed E-state index contributed by atoms with van der Waals surface area (Å²) >= 11 is 13.7. The van der Waals surface area contributed by atoms with E-state index < -0.39 is 0 Å². The number of carbonyl (C=O) groups is 1. The van der Waals surface area contributed by atoms with Crippen LogP contribution in [0.25, 0.3) is 0 Å². The summed E-state index contributed by atoms with van der Waals surface area (Å²) < 4.78 is 13.5. The van der Waals surface area contributed by atoms with E-state index in [0.29, 0.717) is 39.9 Å². The molecule has 0 radical (unpaired) electrons. The van der Waals surface area contributed by atoms with Crippen LogP contribution in [0.1, 0.15) is 16.8 Å². The van der Waals surface area contributed by atoms with Gasteiger partial charge in [0.1, 0.15) is 11.0 Å². The molecule has 2 aromatic rings. The molecule has 128 valence electrons. The summed E-state index contributed by atoms with van der Waals surface area (Å²) in [5, 5.41) is 3.50. The van der Waals surface area contributed by atoms with Gasteiger partial charge in [0.15, 0.2) is 0 Å². The van der Waals surface area contributed by atoms with E-state index in [0.717, 1.165) is 0 Å². The van der Waals surface area contributed by atoms with E-state index in [4.69, 9.17) is 23.2 Å². The lowest BCUT2D eigenvalue weighted by Crippen LogP contribution is -2.27. The smallest absolute Gasteiger partial charge is 0.224 e. The second kappa shape index (κ2) is 9.25. The number of aromatic nitrogens is 1. The van der Waals surface area contributed by atoms with E-state index in [2.05, 4.69) is 10.3 Å². The average molecular weight is 387 g/mol. The third-order valence-electron chi connectivity index (χ3n) is 3.27. The van der Waals surface area contributed by atoms with Crippen LogP contribution in [0.5, 0.6) is 0 Å².